The molecular weight excluding hydrogens is 482 g/mol. The molecule has 0 aliphatic rings. The van der Waals surface area contributed by atoms with Crippen molar-refractivity contribution in [3.8, 4) is 11.5 Å². The Balaban J connectivity index is 1.72. The number of hydrogen-bond acceptors (Lipinski definition) is 7. The SMILES string of the molecule is COc1ccc(/C(C)=N\NC(=O)c2nn(Cc3ccc([N+](=O)[O-])cc3)cc2Br)c(OC)c1. The number of aromatic nitrogens is 2. The highest BCUT2D eigenvalue weighted by atomic mass is 79.9. The maximum atomic E-state index is 12.6. The van der Waals surface area contributed by atoms with E-state index < -0.39 is 10.8 Å². The molecule has 0 aliphatic carbocycles. The van der Waals surface area contributed by atoms with Gasteiger partial charge in [0.2, 0.25) is 0 Å². The topological polar surface area (TPSA) is 121 Å². The molecule has 0 bridgehead atoms. The van der Waals surface area contributed by atoms with Gasteiger partial charge in [0.25, 0.3) is 11.6 Å². The van der Waals surface area contributed by atoms with Crippen LogP contribution in [0.5, 0.6) is 11.5 Å². The molecule has 0 fully saturated rings. The summed E-state index contributed by atoms with van der Waals surface area (Å²) in [6.07, 6.45) is 1.65. The van der Waals surface area contributed by atoms with Gasteiger partial charge in [-0.3, -0.25) is 19.6 Å². The van der Waals surface area contributed by atoms with E-state index in [0.717, 1.165) is 5.56 Å². The van der Waals surface area contributed by atoms with Gasteiger partial charge in [0.15, 0.2) is 5.69 Å². The van der Waals surface area contributed by atoms with Gasteiger partial charge in [-0.1, -0.05) is 12.1 Å². The van der Waals surface area contributed by atoms with Gasteiger partial charge in [-0.05, 0) is 40.5 Å². The van der Waals surface area contributed by atoms with Crippen LogP contribution in [0.3, 0.4) is 0 Å². The van der Waals surface area contributed by atoms with Crippen LogP contribution < -0.4 is 14.9 Å². The molecule has 1 aromatic heterocycles. The number of carbonyl (C=O) groups is 1. The van der Waals surface area contributed by atoms with Crippen LogP contribution in [0, 0.1) is 10.1 Å². The van der Waals surface area contributed by atoms with Crippen molar-refractivity contribution in [3.05, 3.63) is 80.1 Å². The third-order valence-electron chi connectivity index (χ3n) is 4.55. The molecule has 0 aliphatic heterocycles. The molecule has 0 radical (unpaired) electrons. The Morgan fingerprint density at radius 2 is 1.94 bits per heavy atom. The standard InChI is InChI=1S/C21H20BrN5O5/c1-13(17-9-8-16(31-2)10-19(17)32-3)23-24-21(28)20-18(22)12-26(25-20)11-14-4-6-15(7-5-14)27(29)30/h4-10,12H,11H2,1-3H3,(H,24,28)/b23-13-. The van der Waals surface area contributed by atoms with Gasteiger partial charge in [-0.25, -0.2) is 5.43 Å². The number of hydrogen-bond donors (Lipinski definition) is 1. The van der Waals surface area contributed by atoms with Gasteiger partial charge in [-0.15, -0.1) is 0 Å². The summed E-state index contributed by atoms with van der Waals surface area (Å²) in [7, 11) is 3.10. The summed E-state index contributed by atoms with van der Waals surface area (Å²) in [6.45, 7) is 2.09. The number of halogens is 1. The zero-order valence-electron chi connectivity index (χ0n) is 17.5. The smallest absolute Gasteiger partial charge is 0.293 e. The average molecular weight is 502 g/mol. The van der Waals surface area contributed by atoms with E-state index in [4.69, 9.17) is 9.47 Å². The summed E-state index contributed by atoms with van der Waals surface area (Å²) < 4.78 is 12.6. The predicted molar refractivity (Wildman–Crippen MR) is 121 cm³/mol. The van der Waals surface area contributed by atoms with E-state index in [-0.39, 0.29) is 11.4 Å². The molecule has 0 unspecified atom stereocenters. The van der Waals surface area contributed by atoms with Gasteiger partial charge >= 0.3 is 0 Å². The predicted octanol–water partition coefficient (Wildman–Crippen LogP) is 3.77. The van der Waals surface area contributed by atoms with E-state index in [1.54, 1.807) is 62.4 Å². The molecule has 0 atom stereocenters. The Bertz CT molecular complexity index is 1170. The molecule has 1 amide bonds. The minimum atomic E-state index is -0.494. The Morgan fingerprint density at radius 1 is 1.22 bits per heavy atom. The van der Waals surface area contributed by atoms with E-state index in [9.17, 15) is 14.9 Å². The van der Waals surface area contributed by atoms with Crippen LogP contribution in [0.15, 0.2) is 58.2 Å². The van der Waals surface area contributed by atoms with Crippen molar-refractivity contribution in [3.63, 3.8) is 0 Å². The largest absolute Gasteiger partial charge is 0.497 e. The van der Waals surface area contributed by atoms with Crippen LogP contribution >= 0.6 is 15.9 Å². The van der Waals surface area contributed by atoms with Crippen molar-refractivity contribution in [1.29, 1.82) is 0 Å². The average Bonchev–Trinajstić information content (AvgIpc) is 3.16. The first kappa shape index (κ1) is 22.9. The maximum Gasteiger partial charge on any atom is 0.293 e. The van der Waals surface area contributed by atoms with Gasteiger partial charge in [-0.2, -0.15) is 10.2 Å². The fraction of sp³-hybridized carbons (Fsp3) is 0.190. The third kappa shape index (κ3) is 5.30. The second-order valence-electron chi connectivity index (χ2n) is 6.65. The number of nitro groups is 1. The number of benzene rings is 2. The van der Waals surface area contributed by atoms with Gasteiger partial charge < -0.3 is 9.47 Å². The Labute approximate surface area is 192 Å². The van der Waals surface area contributed by atoms with E-state index in [1.807, 2.05) is 0 Å². The quantitative estimate of drug-likeness (QED) is 0.284. The first-order chi connectivity index (χ1) is 15.3. The molecule has 3 rings (SSSR count). The van der Waals surface area contributed by atoms with Gasteiger partial charge in [0.05, 0.1) is 35.9 Å². The summed E-state index contributed by atoms with van der Waals surface area (Å²) in [6, 6.07) is 11.4. The number of non-ortho nitro benzene ring substituents is 1. The van der Waals surface area contributed by atoms with E-state index in [0.29, 0.717) is 33.8 Å². The van der Waals surface area contributed by atoms with Gasteiger partial charge in [0, 0.05) is 30.0 Å². The van der Waals surface area contributed by atoms with E-state index in [2.05, 4.69) is 31.6 Å². The highest BCUT2D eigenvalue weighted by Crippen LogP contribution is 2.25. The van der Waals surface area contributed by atoms with Crippen molar-refractivity contribution < 1.29 is 19.2 Å². The fourth-order valence-electron chi connectivity index (χ4n) is 2.89. The highest BCUT2D eigenvalue weighted by molar-refractivity contribution is 9.10. The zero-order chi connectivity index (χ0) is 23.3. The monoisotopic (exact) mass is 501 g/mol. The van der Waals surface area contributed by atoms with Crippen molar-refractivity contribution in [1.82, 2.24) is 15.2 Å². The lowest BCUT2D eigenvalue weighted by molar-refractivity contribution is -0.384. The molecule has 166 valence electrons. The van der Waals surface area contributed by atoms with Crippen molar-refractivity contribution in [2.24, 2.45) is 5.10 Å². The Morgan fingerprint density at radius 3 is 2.56 bits per heavy atom. The summed E-state index contributed by atoms with van der Waals surface area (Å²) in [5.74, 6) is 0.712. The number of nitro benzene ring substituents is 1. The van der Waals surface area contributed by atoms with E-state index in [1.165, 1.54) is 12.1 Å². The van der Waals surface area contributed by atoms with Crippen molar-refractivity contribution >= 4 is 33.2 Å². The molecule has 0 spiro atoms. The number of hydrazone groups is 1. The lowest BCUT2D eigenvalue weighted by Gasteiger charge is -2.10. The first-order valence-electron chi connectivity index (χ1n) is 9.35. The number of rotatable bonds is 8. The molecule has 11 heteroatoms. The number of carbonyl (C=O) groups excluding carboxylic acids is 1. The molecule has 2 aromatic carbocycles. The van der Waals surface area contributed by atoms with Crippen LogP contribution in [0.2, 0.25) is 0 Å². The normalized spacial score (nSPS) is 11.2. The summed E-state index contributed by atoms with van der Waals surface area (Å²) >= 11 is 3.34. The van der Waals surface area contributed by atoms with E-state index >= 15 is 0 Å². The van der Waals surface area contributed by atoms with Crippen LogP contribution in [-0.2, 0) is 6.54 Å². The van der Waals surface area contributed by atoms with Crippen LogP contribution in [0.1, 0.15) is 28.5 Å². The molecule has 10 nitrogen and oxygen atoms in total. The number of methoxy groups -OCH3 is 2. The Kier molecular flexibility index (Phi) is 7.21. The molecule has 3 aromatic rings. The molecule has 0 saturated heterocycles. The summed E-state index contributed by atoms with van der Waals surface area (Å²) in [4.78, 5) is 22.9. The lowest BCUT2D eigenvalue weighted by atomic mass is 10.1. The zero-order valence-corrected chi connectivity index (χ0v) is 19.1. The summed E-state index contributed by atoms with van der Waals surface area (Å²) in [5.41, 5.74) is 4.72. The number of nitrogens with one attached hydrogen (secondary N) is 1. The molecule has 32 heavy (non-hydrogen) atoms. The third-order valence-corrected chi connectivity index (χ3v) is 5.13. The number of ether oxygens (including phenoxy) is 2. The minimum Gasteiger partial charge on any atom is -0.497 e. The molecule has 1 heterocycles. The Hall–Kier alpha value is -3.73. The first-order valence-corrected chi connectivity index (χ1v) is 10.1. The van der Waals surface area contributed by atoms with Gasteiger partial charge in [0.1, 0.15) is 11.5 Å². The number of amides is 1. The molecular formula is C21H20BrN5O5. The number of nitrogens with zero attached hydrogens (tertiary/aromatic N) is 4. The van der Waals surface area contributed by atoms with Crippen LogP contribution in [-0.4, -0.2) is 40.5 Å². The van der Waals surface area contributed by atoms with Crippen molar-refractivity contribution in [2.45, 2.75) is 13.5 Å². The second-order valence-corrected chi connectivity index (χ2v) is 7.51. The fourth-order valence-corrected chi connectivity index (χ4v) is 3.38. The lowest BCUT2D eigenvalue weighted by Crippen LogP contribution is -2.21. The minimum absolute atomic E-state index is 0.0113. The maximum absolute atomic E-state index is 12.6. The summed E-state index contributed by atoms with van der Waals surface area (Å²) in [5, 5.41) is 19.2. The highest BCUT2D eigenvalue weighted by Gasteiger charge is 2.16. The van der Waals surface area contributed by atoms with Crippen LogP contribution in [0.4, 0.5) is 5.69 Å². The van der Waals surface area contributed by atoms with Crippen molar-refractivity contribution in [2.75, 3.05) is 14.2 Å². The molecule has 0 saturated carbocycles. The second kappa shape index (κ2) is 10.1. The van der Waals surface area contributed by atoms with Crippen LogP contribution in [0.25, 0.3) is 0 Å². The molecule has 1 N–H and O–H groups in total.